The number of para-hydroxylation sites is 1. The van der Waals surface area contributed by atoms with E-state index in [1.54, 1.807) is 25.3 Å². The predicted molar refractivity (Wildman–Crippen MR) is 98.6 cm³/mol. The van der Waals surface area contributed by atoms with Gasteiger partial charge in [0.15, 0.2) is 0 Å². The topological polar surface area (TPSA) is 64.6 Å². The third-order valence-electron chi connectivity index (χ3n) is 4.52. The first-order valence-electron chi connectivity index (χ1n) is 8.32. The number of methoxy groups -OCH3 is 1. The van der Waals surface area contributed by atoms with E-state index in [2.05, 4.69) is 5.32 Å². The van der Waals surface area contributed by atoms with Gasteiger partial charge >= 0.3 is 5.97 Å². The van der Waals surface area contributed by atoms with Crippen molar-refractivity contribution in [3.05, 3.63) is 66.2 Å². The summed E-state index contributed by atoms with van der Waals surface area (Å²) in [7, 11) is 1.61. The number of fused-ring (bicyclic) bond motifs is 2. The lowest BCUT2D eigenvalue weighted by molar-refractivity contribution is -0.138. The maximum absolute atomic E-state index is 12.7. The van der Waals surface area contributed by atoms with Crippen molar-refractivity contribution in [2.75, 3.05) is 12.4 Å². The highest BCUT2D eigenvalue weighted by Crippen LogP contribution is 2.33. The lowest BCUT2D eigenvalue weighted by atomic mass is 9.91. The Morgan fingerprint density at radius 2 is 1.73 bits per heavy atom. The lowest BCUT2D eigenvalue weighted by Crippen LogP contribution is -2.29. The molecule has 130 valence electrons. The highest BCUT2D eigenvalue weighted by molar-refractivity contribution is 6.00. The number of ether oxygens (including phenoxy) is 2. The minimum absolute atomic E-state index is 0.0806. The van der Waals surface area contributed by atoms with Crippen LogP contribution >= 0.6 is 0 Å². The van der Waals surface area contributed by atoms with E-state index >= 15 is 0 Å². The summed E-state index contributed by atoms with van der Waals surface area (Å²) in [6.07, 6.45) is 0.0806. The fourth-order valence-corrected chi connectivity index (χ4v) is 3.20. The van der Waals surface area contributed by atoms with E-state index in [-0.39, 0.29) is 12.3 Å². The van der Waals surface area contributed by atoms with E-state index in [1.165, 1.54) is 0 Å². The van der Waals surface area contributed by atoms with Gasteiger partial charge in [-0.3, -0.25) is 9.59 Å². The van der Waals surface area contributed by atoms with Gasteiger partial charge in [0, 0.05) is 12.1 Å². The molecule has 0 radical (unpaired) electrons. The van der Waals surface area contributed by atoms with Crippen molar-refractivity contribution < 1.29 is 19.1 Å². The maximum atomic E-state index is 12.7. The molecule has 0 saturated heterocycles. The Hall–Kier alpha value is -3.34. The summed E-state index contributed by atoms with van der Waals surface area (Å²) >= 11 is 0. The Kier molecular flexibility index (Phi) is 4.05. The monoisotopic (exact) mass is 347 g/mol. The molecule has 1 heterocycles. The van der Waals surface area contributed by atoms with Crippen LogP contribution in [0.25, 0.3) is 10.8 Å². The van der Waals surface area contributed by atoms with Gasteiger partial charge in [0.05, 0.1) is 13.0 Å². The molecule has 1 unspecified atom stereocenters. The van der Waals surface area contributed by atoms with Crippen LogP contribution in [0.5, 0.6) is 11.5 Å². The van der Waals surface area contributed by atoms with Crippen LogP contribution in [-0.2, 0) is 9.59 Å². The number of rotatable bonds is 3. The van der Waals surface area contributed by atoms with Crippen LogP contribution in [0.4, 0.5) is 5.69 Å². The third kappa shape index (κ3) is 2.99. The molecule has 4 rings (SSSR count). The van der Waals surface area contributed by atoms with Gasteiger partial charge in [-0.2, -0.15) is 0 Å². The van der Waals surface area contributed by atoms with Crippen molar-refractivity contribution in [2.24, 2.45) is 0 Å². The Labute approximate surface area is 150 Å². The molecule has 0 spiro atoms. The van der Waals surface area contributed by atoms with E-state index in [1.807, 2.05) is 42.5 Å². The molecule has 0 aromatic heterocycles. The Bertz CT molecular complexity index is 1010. The zero-order chi connectivity index (χ0) is 18.1. The largest absolute Gasteiger partial charge is 0.497 e. The average molecular weight is 347 g/mol. The molecule has 0 aliphatic carbocycles. The Morgan fingerprint density at radius 1 is 1.00 bits per heavy atom. The maximum Gasteiger partial charge on any atom is 0.319 e. The van der Waals surface area contributed by atoms with Crippen LogP contribution in [0.2, 0.25) is 0 Å². The first-order chi connectivity index (χ1) is 12.6. The molecule has 1 aliphatic heterocycles. The summed E-state index contributed by atoms with van der Waals surface area (Å²) < 4.78 is 10.8. The second kappa shape index (κ2) is 6.52. The summed E-state index contributed by atoms with van der Waals surface area (Å²) in [6.45, 7) is 0. The van der Waals surface area contributed by atoms with Crippen molar-refractivity contribution in [3.8, 4) is 11.5 Å². The van der Waals surface area contributed by atoms with Crippen molar-refractivity contribution in [3.63, 3.8) is 0 Å². The van der Waals surface area contributed by atoms with Gasteiger partial charge in [0.1, 0.15) is 11.5 Å². The first kappa shape index (κ1) is 16.1. The van der Waals surface area contributed by atoms with E-state index < -0.39 is 11.9 Å². The van der Waals surface area contributed by atoms with E-state index in [4.69, 9.17) is 9.47 Å². The molecular weight excluding hydrogens is 330 g/mol. The molecular formula is C21H17NO4. The van der Waals surface area contributed by atoms with Gasteiger partial charge in [0.2, 0.25) is 5.91 Å². The van der Waals surface area contributed by atoms with Crippen LogP contribution in [-0.4, -0.2) is 19.0 Å². The van der Waals surface area contributed by atoms with E-state index in [9.17, 15) is 9.59 Å². The molecule has 1 aliphatic rings. The molecule has 5 heteroatoms. The van der Waals surface area contributed by atoms with Crippen molar-refractivity contribution in [2.45, 2.75) is 12.3 Å². The van der Waals surface area contributed by atoms with Crippen LogP contribution < -0.4 is 14.8 Å². The molecule has 1 N–H and O–H groups in total. The SMILES string of the molecule is COc1ccc2ccc(OC(=O)C3CC(=O)Nc4ccccc43)cc2c1. The fraction of sp³-hybridized carbons (Fsp3) is 0.143. The molecule has 0 fully saturated rings. The second-order valence-corrected chi connectivity index (χ2v) is 6.19. The minimum Gasteiger partial charge on any atom is -0.497 e. The average Bonchev–Trinajstić information content (AvgIpc) is 2.66. The number of carbonyl (C=O) groups excluding carboxylic acids is 2. The minimum atomic E-state index is -0.610. The number of anilines is 1. The normalized spacial score (nSPS) is 15.9. The molecule has 3 aromatic rings. The first-order valence-corrected chi connectivity index (χ1v) is 8.32. The van der Waals surface area contributed by atoms with Crippen LogP contribution in [0.3, 0.4) is 0 Å². The van der Waals surface area contributed by atoms with Gasteiger partial charge in [-0.1, -0.05) is 30.3 Å². The Morgan fingerprint density at radius 3 is 2.54 bits per heavy atom. The van der Waals surface area contributed by atoms with Crippen LogP contribution in [0.15, 0.2) is 60.7 Å². The number of amides is 1. The number of hydrogen-bond acceptors (Lipinski definition) is 4. The summed E-state index contributed by atoms with van der Waals surface area (Å²) in [5, 5.41) is 4.72. The summed E-state index contributed by atoms with van der Waals surface area (Å²) in [5.41, 5.74) is 1.44. The predicted octanol–water partition coefficient (Wildman–Crippen LogP) is 3.88. The number of hydrogen-bond donors (Lipinski definition) is 1. The Balaban J connectivity index is 1.62. The highest BCUT2D eigenvalue weighted by Gasteiger charge is 2.31. The number of esters is 1. The van der Waals surface area contributed by atoms with E-state index in [0.29, 0.717) is 11.4 Å². The van der Waals surface area contributed by atoms with Gasteiger partial charge in [-0.05, 0) is 46.7 Å². The summed E-state index contributed by atoms with van der Waals surface area (Å²) in [6, 6.07) is 18.4. The van der Waals surface area contributed by atoms with Crippen molar-refractivity contribution in [1.82, 2.24) is 0 Å². The van der Waals surface area contributed by atoms with Gasteiger partial charge < -0.3 is 14.8 Å². The van der Waals surface area contributed by atoms with Crippen LogP contribution in [0.1, 0.15) is 17.9 Å². The smallest absolute Gasteiger partial charge is 0.319 e. The summed E-state index contributed by atoms with van der Waals surface area (Å²) in [5.74, 6) is -0.0533. The fourth-order valence-electron chi connectivity index (χ4n) is 3.20. The van der Waals surface area contributed by atoms with E-state index in [0.717, 1.165) is 22.1 Å². The summed E-state index contributed by atoms with van der Waals surface area (Å²) in [4.78, 5) is 24.6. The number of carbonyl (C=O) groups is 2. The molecule has 0 bridgehead atoms. The second-order valence-electron chi connectivity index (χ2n) is 6.19. The quantitative estimate of drug-likeness (QED) is 0.577. The third-order valence-corrected chi connectivity index (χ3v) is 4.52. The van der Waals surface area contributed by atoms with Crippen LogP contribution in [0, 0.1) is 0 Å². The zero-order valence-corrected chi connectivity index (χ0v) is 14.2. The molecule has 3 aromatic carbocycles. The lowest BCUT2D eigenvalue weighted by Gasteiger charge is -2.24. The van der Waals surface area contributed by atoms with Gasteiger partial charge in [-0.25, -0.2) is 0 Å². The zero-order valence-electron chi connectivity index (χ0n) is 14.2. The number of benzene rings is 3. The molecule has 5 nitrogen and oxygen atoms in total. The van der Waals surface area contributed by atoms with Crippen molar-refractivity contribution >= 4 is 28.3 Å². The van der Waals surface area contributed by atoms with Crippen molar-refractivity contribution in [1.29, 1.82) is 0 Å². The van der Waals surface area contributed by atoms with Gasteiger partial charge in [0.25, 0.3) is 0 Å². The molecule has 1 atom stereocenters. The molecule has 26 heavy (non-hydrogen) atoms. The van der Waals surface area contributed by atoms with Gasteiger partial charge in [-0.15, -0.1) is 0 Å². The highest BCUT2D eigenvalue weighted by atomic mass is 16.5. The number of nitrogens with one attached hydrogen (secondary N) is 1. The molecule has 1 amide bonds. The standard InChI is InChI=1S/C21H17NO4/c1-25-15-8-6-13-7-9-16(11-14(13)10-15)26-21(24)18-12-20(23)22-19-5-3-2-4-17(18)19/h2-11,18H,12H2,1H3,(H,22,23). The molecule has 0 saturated carbocycles.